The van der Waals surface area contributed by atoms with Gasteiger partial charge in [-0.25, -0.2) is 4.79 Å². The van der Waals surface area contributed by atoms with Gasteiger partial charge < -0.3 is 10.2 Å². The van der Waals surface area contributed by atoms with Gasteiger partial charge in [0.25, 0.3) is 0 Å². The molecule has 0 bridgehead atoms. The van der Waals surface area contributed by atoms with Crippen molar-refractivity contribution < 1.29 is 15.0 Å². The fourth-order valence-electron chi connectivity index (χ4n) is 0.579. The molecule has 0 aliphatic carbocycles. The highest BCUT2D eigenvalue weighted by Crippen LogP contribution is 2.13. The van der Waals surface area contributed by atoms with Crippen molar-refractivity contribution in [2.75, 3.05) is 12.4 Å². The number of hydrogen-bond donors (Lipinski definition) is 2. The van der Waals surface area contributed by atoms with Gasteiger partial charge in [0, 0.05) is 17.1 Å². The summed E-state index contributed by atoms with van der Waals surface area (Å²) in [5, 5.41) is 17.2. The Labute approximate surface area is 76.5 Å². The first-order chi connectivity index (χ1) is 5.56. The number of thioether (sulfide) groups is 1. The van der Waals surface area contributed by atoms with E-state index in [0.29, 0.717) is 5.75 Å². The highest BCUT2D eigenvalue weighted by Gasteiger charge is 2.01. The molecule has 0 aliphatic rings. The van der Waals surface area contributed by atoms with E-state index >= 15 is 0 Å². The standard InChI is InChI=1S/C8H14O3S/c1-6(3-8(10)11)5-12-7(2)4-9/h3,7,9H,4-5H2,1-2H3,(H,10,11). The van der Waals surface area contributed by atoms with Crippen LogP contribution in [0.5, 0.6) is 0 Å². The lowest BCUT2D eigenvalue weighted by Crippen LogP contribution is -2.03. The summed E-state index contributed by atoms with van der Waals surface area (Å²) in [6.07, 6.45) is 1.19. The van der Waals surface area contributed by atoms with Crippen LogP contribution in [0.25, 0.3) is 0 Å². The second-order valence-electron chi connectivity index (χ2n) is 2.63. The van der Waals surface area contributed by atoms with Crippen molar-refractivity contribution in [2.45, 2.75) is 19.1 Å². The minimum atomic E-state index is -0.912. The normalized spacial score (nSPS) is 14.4. The van der Waals surface area contributed by atoms with Crippen LogP contribution < -0.4 is 0 Å². The quantitative estimate of drug-likeness (QED) is 0.638. The third-order valence-corrected chi connectivity index (χ3v) is 2.56. The number of carboxylic acids is 1. The van der Waals surface area contributed by atoms with E-state index in [-0.39, 0.29) is 11.9 Å². The molecule has 4 heteroatoms. The zero-order valence-electron chi connectivity index (χ0n) is 7.28. The molecule has 2 N–H and O–H groups in total. The van der Waals surface area contributed by atoms with E-state index in [1.54, 1.807) is 18.7 Å². The molecular formula is C8H14O3S. The van der Waals surface area contributed by atoms with E-state index in [4.69, 9.17) is 10.2 Å². The zero-order chi connectivity index (χ0) is 9.56. The van der Waals surface area contributed by atoms with Crippen LogP contribution in [0.15, 0.2) is 11.6 Å². The van der Waals surface area contributed by atoms with Crippen molar-refractivity contribution in [1.29, 1.82) is 0 Å². The molecule has 0 spiro atoms. The number of carbonyl (C=O) groups is 1. The molecule has 70 valence electrons. The molecule has 1 unspecified atom stereocenters. The molecule has 1 atom stereocenters. The van der Waals surface area contributed by atoms with Gasteiger partial charge in [-0.05, 0) is 6.92 Å². The van der Waals surface area contributed by atoms with E-state index < -0.39 is 5.97 Å². The smallest absolute Gasteiger partial charge is 0.328 e. The number of carboxylic acid groups (broad SMARTS) is 1. The Balaban J connectivity index is 3.70. The monoisotopic (exact) mass is 190 g/mol. The Morgan fingerprint density at radius 3 is 2.67 bits per heavy atom. The Morgan fingerprint density at radius 1 is 1.67 bits per heavy atom. The average molecular weight is 190 g/mol. The molecular weight excluding hydrogens is 176 g/mol. The number of aliphatic hydroxyl groups is 1. The fraction of sp³-hybridized carbons (Fsp3) is 0.625. The van der Waals surface area contributed by atoms with Gasteiger partial charge in [-0.2, -0.15) is 11.8 Å². The molecule has 0 heterocycles. The molecule has 0 aromatic carbocycles. The summed E-state index contributed by atoms with van der Waals surface area (Å²) in [4.78, 5) is 10.2. The Morgan fingerprint density at radius 2 is 2.25 bits per heavy atom. The average Bonchev–Trinajstić information content (AvgIpc) is 1.99. The van der Waals surface area contributed by atoms with Gasteiger partial charge in [-0.3, -0.25) is 0 Å². The summed E-state index contributed by atoms with van der Waals surface area (Å²) in [7, 11) is 0. The molecule has 0 aromatic heterocycles. The predicted molar refractivity (Wildman–Crippen MR) is 50.4 cm³/mol. The SMILES string of the molecule is CC(=CC(=O)O)CSC(C)CO. The van der Waals surface area contributed by atoms with E-state index in [1.807, 2.05) is 6.92 Å². The van der Waals surface area contributed by atoms with Crippen LogP contribution in [-0.2, 0) is 4.79 Å². The molecule has 0 fully saturated rings. The van der Waals surface area contributed by atoms with E-state index in [9.17, 15) is 4.79 Å². The van der Waals surface area contributed by atoms with E-state index in [0.717, 1.165) is 5.57 Å². The van der Waals surface area contributed by atoms with Crippen molar-refractivity contribution in [1.82, 2.24) is 0 Å². The summed E-state index contributed by atoms with van der Waals surface area (Å²) in [5.41, 5.74) is 0.813. The highest BCUT2D eigenvalue weighted by molar-refractivity contribution is 8.00. The minimum Gasteiger partial charge on any atom is -0.478 e. The molecule has 0 aromatic rings. The molecule has 0 amide bonds. The summed E-state index contributed by atoms with van der Waals surface area (Å²) in [5.74, 6) is -0.252. The minimum absolute atomic E-state index is 0.130. The van der Waals surface area contributed by atoms with Crippen LogP contribution in [-0.4, -0.2) is 33.8 Å². The summed E-state index contributed by atoms with van der Waals surface area (Å²) < 4.78 is 0. The maximum absolute atomic E-state index is 10.2. The second-order valence-corrected chi connectivity index (χ2v) is 4.06. The Bertz CT molecular complexity index is 177. The van der Waals surface area contributed by atoms with Crippen molar-refractivity contribution in [3.8, 4) is 0 Å². The van der Waals surface area contributed by atoms with Crippen LogP contribution in [0.2, 0.25) is 0 Å². The third-order valence-electron chi connectivity index (χ3n) is 1.22. The first-order valence-electron chi connectivity index (χ1n) is 3.68. The zero-order valence-corrected chi connectivity index (χ0v) is 8.10. The number of aliphatic hydroxyl groups excluding tert-OH is 1. The summed E-state index contributed by atoms with van der Waals surface area (Å²) in [6.45, 7) is 3.80. The van der Waals surface area contributed by atoms with Gasteiger partial charge in [0.05, 0.1) is 6.61 Å². The molecule has 3 nitrogen and oxygen atoms in total. The Kier molecular flexibility index (Phi) is 5.84. The van der Waals surface area contributed by atoms with Gasteiger partial charge in [0.15, 0.2) is 0 Å². The van der Waals surface area contributed by atoms with Gasteiger partial charge >= 0.3 is 5.97 Å². The molecule has 0 rings (SSSR count). The molecule has 12 heavy (non-hydrogen) atoms. The van der Waals surface area contributed by atoms with E-state index in [2.05, 4.69) is 0 Å². The van der Waals surface area contributed by atoms with Crippen molar-refractivity contribution in [2.24, 2.45) is 0 Å². The lowest BCUT2D eigenvalue weighted by molar-refractivity contribution is -0.131. The lowest BCUT2D eigenvalue weighted by Gasteiger charge is -2.06. The van der Waals surface area contributed by atoms with Crippen LogP contribution in [0.1, 0.15) is 13.8 Å². The van der Waals surface area contributed by atoms with Crippen molar-refractivity contribution >= 4 is 17.7 Å². The predicted octanol–water partition coefficient (Wildman–Crippen LogP) is 1.13. The van der Waals surface area contributed by atoms with E-state index in [1.165, 1.54) is 6.08 Å². The first kappa shape index (κ1) is 11.5. The lowest BCUT2D eigenvalue weighted by atomic mass is 10.3. The van der Waals surface area contributed by atoms with Crippen molar-refractivity contribution in [3.63, 3.8) is 0 Å². The van der Waals surface area contributed by atoms with Gasteiger partial charge in [0.1, 0.15) is 0 Å². The van der Waals surface area contributed by atoms with Crippen molar-refractivity contribution in [3.05, 3.63) is 11.6 Å². The topological polar surface area (TPSA) is 57.5 Å². The molecule has 0 aliphatic heterocycles. The number of hydrogen-bond acceptors (Lipinski definition) is 3. The maximum atomic E-state index is 10.2. The number of rotatable bonds is 5. The van der Waals surface area contributed by atoms with Crippen LogP contribution >= 0.6 is 11.8 Å². The van der Waals surface area contributed by atoms with Crippen LogP contribution in [0, 0.1) is 0 Å². The number of aliphatic carboxylic acids is 1. The van der Waals surface area contributed by atoms with Gasteiger partial charge in [0.2, 0.25) is 0 Å². The van der Waals surface area contributed by atoms with Gasteiger partial charge in [-0.1, -0.05) is 12.5 Å². The van der Waals surface area contributed by atoms with Crippen LogP contribution in [0.4, 0.5) is 0 Å². The molecule has 0 saturated heterocycles. The third kappa shape index (κ3) is 6.24. The summed E-state index contributed by atoms with van der Waals surface area (Å²) >= 11 is 1.54. The first-order valence-corrected chi connectivity index (χ1v) is 4.73. The van der Waals surface area contributed by atoms with Gasteiger partial charge in [-0.15, -0.1) is 0 Å². The largest absolute Gasteiger partial charge is 0.478 e. The maximum Gasteiger partial charge on any atom is 0.328 e. The summed E-state index contributed by atoms with van der Waals surface area (Å²) in [6, 6.07) is 0. The highest BCUT2D eigenvalue weighted by atomic mass is 32.2. The molecule has 0 radical (unpaired) electrons. The molecule has 0 saturated carbocycles. The fourth-order valence-corrected chi connectivity index (χ4v) is 1.32. The Hall–Kier alpha value is -0.480. The second kappa shape index (κ2) is 6.08. The van der Waals surface area contributed by atoms with Crippen LogP contribution in [0.3, 0.4) is 0 Å².